The molecule has 8 heteroatoms. The normalized spacial score (nSPS) is 16.6. The van der Waals surface area contributed by atoms with Gasteiger partial charge in [0.15, 0.2) is 5.76 Å². The third-order valence-corrected chi connectivity index (χ3v) is 4.75. The number of amides is 1. The van der Waals surface area contributed by atoms with Gasteiger partial charge in [0.1, 0.15) is 0 Å². The first kappa shape index (κ1) is 17.0. The van der Waals surface area contributed by atoms with E-state index in [1.54, 1.807) is 29.2 Å². The second kappa shape index (κ2) is 6.71. The number of hydrogen-bond donors (Lipinski definition) is 2. The van der Waals surface area contributed by atoms with Gasteiger partial charge in [0, 0.05) is 24.4 Å². The minimum Gasteiger partial charge on any atom is -0.359 e. The molecule has 138 valence electrons. The van der Waals surface area contributed by atoms with Gasteiger partial charge in [-0.05, 0) is 37.5 Å². The smallest absolute Gasteiger partial charge is 0.325 e. The molecule has 0 aliphatic carbocycles. The van der Waals surface area contributed by atoms with E-state index in [0.717, 1.165) is 18.5 Å². The lowest BCUT2D eigenvalue weighted by atomic mass is 10.1. The molecule has 1 aliphatic heterocycles. The zero-order valence-electron chi connectivity index (χ0n) is 14.7. The van der Waals surface area contributed by atoms with Gasteiger partial charge in [-0.15, -0.1) is 0 Å². The molecule has 0 bridgehead atoms. The number of aromatic nitrogens is 3. The third-order valence-electron chi connectivity index (χ3n) is 4.75. The fourth-order valence-corrected chi connectivity index (χ4v) is 3.43. The summed E-state index contributed by atoms with van der Waals surface area (Å²) < 4.78 is 5.35. The minimum absolute atomic E-state index is 0.0894. The quantitative estimate of drug-likeness (QED) is 0.736. The fourth-order valence-electron chi connectivity index (χ4n) is 3.43. The van der Waals surface area contributed by atoms with Crippen molar-refractivity contribution in [3.05, 3.63) is 74.4 Å². The molecular formula is C19H18N4O4. The van der Waals surface area contributed by atoms with E-state index in [0.29, 0.717) is 29.0 Å². The maximum atomic E-state index is 12.9. The van der Waals surface area contributed by atoms with Gasteiger partial charge in [-0.2, -0.15) is 0 Å². The first-order valence-corrected chi connectivity index (χ1v) is 8.69. The molecule has 3 heterocycles. The van der Waals surface area contributed by atoms with E-state index in [2.05, 4.69) is 15.1 Å². The molecular weight excluding hydrogens is 348 g/mol. The first-order valence-electron chi connectivity index (χ1n) is 8.69. The zero-order valence-corrected chi connectivity index (χ0v) is 14.7. The zero-order chi connectivity index (χ0) is 19.0. The molecule has 27 heavy (non-hydrogen) atoms. The molecule has 1 aromatic carbocycles. The van der Waals surface area contributed by atoms with Crippen LogP contribution in [0.2, 0.25) is 0 Å². The van der Waals surface area contributed by atoms with E-state index in [1.165, 1.54) is 6.20 Å². The summed E-state index contributed by atoms with van der Waals surface area (Å²) in [5, 5.41) is 3.92. The lowest BCUT2D eigenvalue weighted by Crippen LogP contribution is -2.30. The van der Waals surface area contributed by atoms with Crippen molar-refractivity contribution in [2.45, 2.75) is 25.8 Å². The molecule has 0 radical (unpaired) electrons. The number of carbonyl (C=O) groups is 1. The summed E-state index contributed by atoms with van der Waals surface area (Å²) in [4.78, 5) is 42.4. The van der Waals surface area contributed by atoms with Crippen LogP contribution in [0.4, 0.5) is 0 Å². The molecule has 1 fully saturated rings. The van der Waals surface area contributed by atoms with E-state index in [1.807, 2.05) is 13.0 Å². The van der Waals surface area contributed by atoms with Gasteiger partial charge in [-0.1, -0.05) is 17.3 Å². The maximum absolute atomic E-state index is 12.9. The molecule has 1 saturated heterocycles. The van der Waals surface area contributed by atoms with E-state index in [-0.39, 0.29) is 11.9 Å². The summed E-state index contributed by atoms with van der Waals surface area (Å²) in [6, 6.07) is 8.51. The molecule has 1 unspecified atom stereocenters. The van der Waals surface area contributed by atoms with Gasteiger partial charge in [0.2, 0.25) is 0 Å². The van der Waals surface area contributed by atoms with Crippen LogP contribution in [0.15, 0.2) is 50.6 Å². The van der Waals surface area contributed by atoms with Crippen molar-refractivity contribution in [2.24, 2.45) is 0 Å². The van der Waals surface area contributed by atoms with Crippen molar-refractivity contribution in [1.29, 1.82) is 0 Å². The molecule has 4 rings (SSSR count). The Morgan fingerprint density at radius 1 is 1.26 bits per heavy atom. The van der Waals surface area contributed by atoms with Crippen molar-refractivity contribution >= 4 is 5.91 Å². The number of aryl methyl sites for hydroxylation is 1. The lowest BCUT2D eigenvalue weighted by Gasteiger charge is -2.22. The van der Waals surface area contributed by atoms with Crippen LogP contribution in [-0.2, 0) is 0 Å². The number of nitrogens with one attached hydrogen (secondary N) is 2. The van der Waals surface area contributed by atoms with Crippen LogP contribution >= 0.6 is 0 Å². The Hall–Kier alpha value is -3.42. The van der Waals surface area contributed by atoms with Crippen LogP contribution < -0.4 is 11.2 Å². The Labute approximate surface area is 153 Å². The largest absolute Gasteiger partial charge is 0.359 e. The van der Waals surface area contributed by atoms with E-state index < -0.39 is 11.2 Å². The molecule has 1 amide bonds. The fraction of sp³-hybridized carbons (Fsp3) is 0.263. The van der Waals surface area contributed by atoms with Crippen LogP contribution in [0.5, 0.6) is 0 Å². The predicted molar refractivity (Wildman–Crippen MR) is 97.4 cm³/mol. The first-order chi connectivity index (χ1) is 13.0. The van der Waals surface area contributed by atoms with Crippen molar-refractivity contribution in [1.82, 2.24) is 20.0 Å². The molecule has 0 spiro atoms. The minimum atomic E-state index is -0.557. The summed E-state index contributed by atoms with van der Waals surface area (Å²) in [6.07, 6.45) is 3.10. The van der Waals surface area contributed by atoms with Crippen molar-refractivity contribution in [3.8, 4) is 11.1 Å². The van der Waals surface area contributed by atoms with E-state index in [9.17, 15) is 14.4 Å². The standard InChI is InChI=1S/C19H18N4O4/c1-11-9-16(27-22-11)15-3-2-8-23(15)18(25)13-6-4-12(5-7-13)14-10-20-19(26)21-17(14)24/h4-7,9-10,15H,2-3,8H2,1H3,(H2,20,21,24,26). The number of hydrogen-bond acceptors (Lipinski definition) is 5. The Morgan fingerprint density at radius 2 is 2.04 bits per heavy atom. The summed E-state index contributed by atoms with van der Waals surface area (Å²) in [5.74, 6) is 0.614. The summed E-state index contributed by atoms with van der Waals surface area (Å²) >= 11 is 0. The number of rotatable bonds is 3. The van der Waals surface area contributed by atoms with Crippen LogP contribution in [-0.4, -0.2) is 32.5 Å². The summed E-state index contributed by atoms with van der Waals surface area (Å²) in [6.45, 7) is 2.51. The van der Waals surface area contributed by atoms with Crippen molar-refractivity contribution in [3.63, 3.8) is 0 Å². The van der Waals surface area contributed by atoms with E-state index >= 15 is 0 Å². The predicted octanol–water partition coefficient (Wildman–Crippen LogP) is 2.00. The molecule has 0 saturated carbocycles. The Balaban J connectivity index is 1.59. The Kier molecular flexibility index (Phi) is 4.23. The van der Waals surface area contributed by atoms with Gasteiger partial charge < -0.3 is 14.4 Å². The highest BCUT2D eigenvalue weighted by Gasteiger charge is 2.33. The highest BCUT2D eigenvalue weighted by molar-refractivity contribution is 5.95. The Morgan fingerprint density at radius 3 is 2.70 bits per heavy atom. The van der Waals surface area contributed by atoms with Gasteiger partial charge in [0.05, 0.1) is 17.3 Å². The van der Waals surface area contributed by atoms with Crippen molar-refractivity contribution < 1.29 is 9.32 Å². The molecule has 3 aromatic rings. The van der Waals surface area contributed by atoms with Gasteiger partial charge in [-0.3, -0.25) is 14.6 Å². The SMILES string of the molecule is Cc1cc(C2CCCN2C(=O)c2ccc(-c3c[nH]c(=O)[nH]c3=O)cc2)on1. The second-order valence-corrected chi connectivity index (χ2v) is 6.59. The van der Waals surface area contributed by atoms with Crippen LogP contribution in [0.3, 0.4) is 0 Å². The number of benzene rings is 1. The van der Waals surface area contributed by atoms with Gasteiger partial charge >= 0.3 is 5.69 Å². The highest BCUT2D eigenvalue weighted by atomic mass is 16.5. The molecule has 2 N–H and O–H groups in total. The molecule has 2 aromatic heterocycles. The van der Waals surface area contributed by atoms with Crippen molar-refractivity contribution in [2.75, 3.05) is 6.54 Å². The summed E-state index contributed by atoms with van der Waals surface area (Å²) in [7, 11) is 0. The number of nitrogens with zero attached hydrogens (tertiary/aromatic N) is 2. The molecule has 1 atom stereocenters. The van der Waals surface area contributed by atoms with Gasteiger partial charge in [0.25, 0.3) is 11.5 Å². The van der Waals surface area contributed by atoms with Crippen LogP contribution in [0.25, 0.3) is 11.1 Å². The number of carbonyl (C=O) groups excluding carboxylic acids is 1. The maximum Gasteiger partial charge on any atom is 0.325 e. The van der Waals surface area contributed by atoms with E-state index in [4.69, 9.17) is 4.52 Å². The number of H-pyrrole nitrogens is 2. The van der Waals surface area contributed by atoms with Crippen LogP contribution in [0.1, 0.15) is 40.7 Å². The van der Waals surface area contributed by atoms with Crippen LogP contribution in [0, 0.1) is 6.92 Å². The average molecular weight is 366 g/mol. The molecule has 1 aliphatic rings. The number of aromatic amines is 2. The third kappa shape index (κ3) is 3.21. The average Bonchev–Trinajstić information content (AvgIpc) is 3.30. The monoisotopic (exact) mass is 366 g/mol. The number of likely N-dealkylation sites (tertiary alicyclic amines) is 1. The topological polar surface area (TPSA) is 112 Å². The van der Waals surface area contributed by atoms with Gasteiger partial charge in [-0.25, -0.2) is 4.79 Å². The highest BCUT2D eigenvalue weighted by Crippen LogP contribution is 2.33. The Bertz CT molecular complexity index is 1090. The second-order valence-electron chi connectivity index (χ2n) is 6.59. The summed E-state index contributed by atoms with van der Waals surface area (Å²) in [5.41, 5.74) is 1.25. The lowest BCUT2D eigenvalue weighted by molar-refractivity contribution is 0.0714. The molecule has 8 nitrogen and oxygen atoms in total.